The van der Waals surface area contributed by atoms with Crippen LogP contribution in [-0.2, 0) is 11.3 Å². The number of fused-ring (bicyclic) bond motifs is 4. The number of carbonyl (C=O) groups excluding carboxylic acids is 1. The summed E-state index contributed by atoms with van der Waals surface area (Å²) in [5.41, 5.74) is 3.02. The van der Waals surface area contributed by atoms with E-state index in [0.717, 1.165) is 24.0 Å². The van der Waals surface area contributed by atoms with Crippen LogP contribution in [-0.4, -0.2) is 36.8 Å². The molecule has 178 valence electrons. The van der Waals surface area contributed by atoms with E-state index >= 15 is 0 Å². The summed E-state index contributed by atoms with van der Waals surface area (Å²) in [5, 5.41) is 7.74. The molecule has 0 aliphatic carbocycles. The number of carbonyl (C=O) groups is 1. The number of amides is 1. The summed E-state index contributed by atoms with van der Waals surface area (Å²) in [5.74, 6) is -0.0755. The van der Waals surface area contributed by atoms with Gasteiger partial charge in [-0.2, -0.15) is 0 Å². The van der Waals surface area contributed by atoms with Gasteiger partial charge in [-0.1, -0.05) is 54.6 Å². The van der Waals surface area contributed by atoms with Crippen molar-refractivity contribution in [2.75, 3.05) is 26.3 Å². The van der Waals surface area contributed by atoms with E-state index in [1.165, 1.54) is 26.6 Å². The third-order valence-corrected chi connectivity index (χ3v) is 7.09. The lowest BCUT2D eigenvalue weighted by Crippen LogP contribution is -2.28. The number of aryl methyl sites for hydroxylation is 1. The van der Waals surface area contributed by atoms with Crippen molar-refractivity contribution in [3.05, 3.63) is 90.5 Å². The van der Waals surface area contributed by atoms with Gasteiger partial charge >= 0.3 is 0 Å². The number of benzene rings is 4. The fraction of sp³-hybridized carbons (Fsp3) is 0.207. The average Bonchev–Trinajstić information content (AvgIpc) is 3.23. The van der Waals surface area contributed by atoms with E-state index in [4.69, 9.17) is 4.74 Å². The van der Waals surface area contributed by atoms with Crippen LogP contribution in [0.5, 0.6) is 0 Å². The molecule has 0 spiro atoms. The minimum atomic E-state index is -0.0755. The van der Waals surface area contributed by atoms with Crippen LogP contribution in [0.4, 0.5) is 0 Å². The zero-order valence-corrected chi connectivity index (χ0v) is 20.6. The highest BCUT2D eigenvalue weighted by atomic mass is 32.2. The number of hydrogen-bond donors (Lipinski definition) is 2. The first-order valence-corrected chi connectivity index (χ1v) is 12.8. The van der Waals surface area contributed by atoms with Gasteiger partial charge in [0.2, 0.25) is 0 Å². The minimum absolute atomic E-state index is 0.0755. The molecule has 0 atom stereocenters. The number of ether oxygens (including phenoxy) is 1. The third kappa shape index (κ3) is 5.05. The standard InChI is InChI=1S/C29H29N3O2S/c1-2-32-26-12-6-5-11-24(26)25-20-22(14-15-27(25)32)29(33)30-16-18-34-19-17-31-35-28-13-7-9-21-8-3-4-10-23(21)28/h3-15,20,31H,2,16-19H2,1H3,(H,30,33). The molecule has 1 heterocycles. The molecule has 5 nitrogen and oxygen atoms in total. The second-order valence-electron chi connectivity index (χ2n) is 8.34. The maximum atomic E-state index is 12.7. The molecule has 6 heteroatoms. The predicted octanol–water partition coefficient (Wildman–Crippen LogP) is 6.01. The molecule has 5 aromatic rings. The normalized spacial score (nSPS) is 11.5. The lowest BCUT2D eigenvalue weighted by atomic mass is 10.1. The van der Waals surface area contributed by atoms with Gasteiger partial charge in [0.1, 0.15) is 0 Å². The maximum absolute atomic E-state index is 12.7. The Balaban J connectivity index is 1.08. The van der Waals surface area contributed by atoms with Gasteiger partial charge in [0.15, 0.2) is 0 Å². The first kappa shape index (κ1) is 23.4. The Kier molecular flexibility index (Phi) is 7.33. The van der Waals surface area contributed by atoms with Gasteiger partial charge in [0.25, 0.3) is 5.91 Å². The first-order valence-electron chi connectivity index (χ1n) is 12.0. The van der Waals surface area contributed by atoms with Gasteiger partial charge in [-0.15, -0.1) is 0 Å². The van der Waals surface area contributed by atoms with Crippen molar-refractivity contribution >= 4 is 50.4 Å². The summed E-state index contributed by atoms with van der Waals surface area (Å²) < 4.78 is 11.3. The number of nitrogens with one attached hydrogen (secondary N) is 2. The van der Waals surface area contributed by atoms with Crippen molar-refractivity contribution in [3.8, 4) is 0 Å². The summed E-state index contributed by atoms with van der Waals surface area (Å²) in [6, 6.07) is 29.0. The molecular formula is C29H29N3O2S. The Morgan fingerprint density at radius 2 is 1.57 bits per heavy atom. The topological polar surface area (TPSA) is 55.3 Å². The van der Waals surface area contributed by atoms with Gasteiger partial charge in [0, 0.05) is 51.9 Å². The fourth-order valence-corrected chi connectivity index (χ4v) is 5.29. The lowest BCUT2D eigenvalue weighted by molar-refractivity contribution is 0.0919. The van der Waals surface area contributed by atoms with Crippen molar-refractivity contribution in [2.45, 2.75) is 18.4 Å². The molecule has 0 radical (unpaired) electrons. The highest BCUT2D eigenvalue weighted by Gasteiger charge is 2.12. The molecule has 2 N–H and O–H groups in total. The monoisotopic (exact) mass is 483 g/mol. The van der Waals surface area contributed by atoms with Crippen LogP contribution < -0.4 is 10.0 Å². The number of aromatic nitrogens is 1. The van der Waals surface area contributed by atoms with Crippen LogP contribution in [0.25, 0.3) is 32.6 Å². The summed E-state index contributed by atoms with van der Waals surface area (Å²) in [6.45, 7) is 5.29. The third-order valence-electron chi connectivity index (χ3n) is 6.16. The lowest BCUT2D eigenvalue weighted by Gasteiger charge is -2.09. The number of nitrogens with zero attached hydrogens (tertiary/aromatic N) is 1. The molecule has 0 aliphatic rings. The van der Waals surface area contributed by atoms with E-state index in [9.17, 15) is 4.79 Å². The molecule has 1 amide bonds. The van der Waals surface area contributed by atoms with Crippen molar-refractivity contribution in [2.24, 2.45) is 0 Å². The van der Waals surface area contributed by atoms with Gasteiger partial charge < -0.3 is 14.6 Å². The van der Waals surface area contributed by atoms with E-state index in [1.807, 2.05) is 24.3 Å². The van der Waals surface area contributed by atoms with Crippen LogP contribution in [0.15, 0.2) is 89.8 Å². The summed E-state index contributed by atoms with van der Waals surface area (Å²) in [6.07, 6.45) is 0. The van der Waals surface area contributed by atoms with Gasteiger partial charge in [-0.3, -0.25) is 9.52 Å². The Morgan fingerprint density at radius 3 is 2.46 bits per heavy atom. The van der Waals surface area contributed by atoms with E-state index in [1.54, 1.807) is 11.9 Å². The van der Waals surface area contributed by atoms with Crippen molar-refractivity contribution in [3.63, 3.8) is 0 Å². The van der Waals surface area contributed by atoms with Crippen LogP contribution >= 0.6 is 11.9 Å². The van der Waals surface area contributed by atoms with Gasteiger partial charge in [-0.05, 0) is 60.0 Å². The minimum Gasteiger partial charge on any atom is -0.378 e. The van der Waals surface area contributed by atoms with Crippen molar-refractivity contribution < 1.29 is 9.53 Å². The highest BCUT2D eigenvalue weighted by Crippen LogP contribution is 2.29. The Hall–Kier alpha value is -3.32. The van der Waals surface area contributed by atoms with Gasteiger partial charge in [-0.25, -0.2) is 0 Å². The molecule has 0 saturated carbocycles. The molecular weight excluding hydrogens is 454 g/mol. The fourth-order valence-electron chi connectivity index (χ4n) is 4.50. The van der Waals surface area contributed by atoms with Crippen molar-refractivity contribution in [1.82, 2.24) is 14.6 Å². The summed E-state index contributed by atoms with van der Waals surface area (Å²) >= 11 is 1.62. The number of para-hydroxylation sites is 1. The molecule has 35 heavy (non-hydrogen) atoms. The van der Waals surface area contributed by atoms with Crippen LogP contribution in [0.2, 0.25) is 0 Å². The molecule has 0 fully saturated rings. The molecule has 0 saturated heterocycles. The zero-order valence-electron chi connectivity index (χ0n) is 19.8. The van der Waals surface area contributed by atoms with Crippen LogP contribution in [0.1, 0.15) is 17.3 Å². The summed E-state index contributed by atoms with van der Waals surface area (Å²) in [4.78, 5) is 13.9. The Labute approximate surface area is 209 Å². The van der Waals surface area contributed by atoms with Crippen molar-refractivity contribution in [1.29, 1.82) is 0 Å². The first-order chi connectivity index (χ1) is 17.3. The quantitative estimate of drug-likeness (QED) is 0.189. The second kappa shape index (κ2) is 11.0. The average molecular weight is 484 g/mol. The largest absolute Gasteiger partial charge is 0.378 e. The molecule has 5 rings (SSSR count). The molecule has 4 aromatic carbocycles. The zero-order chi connectivity index (χ0) is 24.0. The van der Waals surface area contributed by atoms with E-state index in [-0.39, 0.29) is 5.91 Å². The van der Waals surface area contributed by atoms with Crippen LogP contribution in [0.3, 0.4) is 0 Å². The maximum Gasteiger partial charge on any atom is 0.251 e. The Morgan fingerprint density at radius 1 is 0.829 bits per heavy atom. The van der Waals surface area contributed by atoms with E-state index < -0.39 is 0 Å². The second-order valence-corrected chi connectivity index (χ2v) is 9.27. The molecule has 0 unspecified atom stereocenters. The van der Waals surface area contributed by atoms with Crippen LogP contribution in [0, 0.1) is 0 Å². The molecule has 1 aromatic heterocycles. The smallest absolute Gasteiger partial charge is 0.251 e. The molecule has 0 aliphatic heterocycles. The van der Waals surface area contributed by atoms with E-state index in [2.05, 4.69) is 82.2 Å². The van der Waals surface area contributed by atoms with E-state index in [0.29, 0.717) is 25.3 Å². The number of hydrogen-bond acceptors (Lipinski definition) is 4. The highest BCUT2D eigenvalue weighted by molar-refractivity contribution is 7.97. The summed E-state index contributed by atoms with van der Waals surface area (Å²) in [7, 11) is 0. The van der Waals surface area contributed by atoms with Gasteiger partial charge in [0.05, 0.1) is 13.2 Å². The Bertz CT molecular complexity index is 1470. The predicted molar refractivity (Wildman–Crippen MR) is 146 cm³/mol. The molecule has 0 bridgehead atoms. The SMILES string of the molecule is CCn1c2ccccc2c2cc(C(=O)NCCOCCNSc3cccc4ccccc34)ccc21. The number of rotatable bonds is 10.